The van der Waals surface area contributed by atoms with Gasteiger partial charge in [0.15, 0.2) is 0 Å². The third kappa shape index (κ3) is 4.72. The van der Waals surface area contributed by atoms with Gasteiger partial charge in [0.25, 0.3) is 5.69 Å². The standard InChI is InChI=1S/C7H7NO5S.Na/c9-8(10)7-4-2-1-3-6(7)5-14(11,12)13;/h1-4H,5H2,(H,11,12,13);/q;+1/p-1. The van der Waals surface area contributed by atoms with Gasteiger partial charge in [-0.25, -0.2) is 8.42 Å². The first kappa shape index (κ1) is 14.5. The van der Waals surface area contributed by atoms with Crippen molar-refractivity contribution in [1.82, 2.24) is 0 Å². The first-order chi connectivity index (χ1) is 6.40. The summed E-state index contributed by atoms with van der Waals surface area (Å²) in [6, 6.07) is 5.24. The first-order valence-corrected chi connectivity index (χ1v) is 5.14. The van der Waals surface area contributed by atoms with Crippen LogP contribution >= 0.6 is 0 Å². The zero-order valence-electron chi connectivity index (χ0n) is 7.91. The Balaban J connectivity index is 0.00000196. The average molecular weight is 239 g/mol. The summed E-state index contributed by atoms with van der Waals surface area (Å²) in [5.74, 6) is -0.857. The summed E-state index contributed by atoms with van der Waals surface area (Å²) in [6.45, 7) is 0. The van der Waals surface area contributed by atoms with Crippen LogP contribution in [0.3, 0.4) is 0 Å². The number of rotatable bonds is 3. The van der Waals surface area contributed by atoms with Gasteiger partial charge in [0.1, 0.15) is 0 Å². The van der Waals surface area contributed by atoms with Crippen LogP contribution in [0, 0.1) is 10.1 Å². The van der Waals surface area contributed by atoms with Gasteiger partial charge < -0.3 is 4.55 Å². The smallest absolute Gasteiger partial charge is 0.748 e. The predicted molar refractivity (Wildman–Crippen MR) is 46.5 cm³/mol. The van der Waals surface area contributed by atoms with E-state index in [0.29, 0.717) is 0 Å². The summed E-state index contributed by atoms with van der Waals surface area (Å²) in [5, 5.41) is 10.4. The van der Waals surface area contributed by atoms with Gasteiger partial charge in [-0.15, -0.1) is 0 Å². The minimum atomic E-state index is -4.49. The van der Waals surface area contributed by atoms with Gasteiger partial charge in [-0.2, -0.15) is 0 Å². The van der Waals surface area contributed by atoms with Crippen LogP contribution in [-0.4, -0.2) is 17.9 Å². The van der Waals surface area contributed by atoms with Crippen LogP contribution in [0.5, 0.6) is 0 Å². The van der Waals surface area contributed by atoms with E-state index in [4.69, 9.17) is 0 Å². The van der Waals surface area contributed by atoms with Crippen LogP contribution in [0.1, 0.15) is 5.56 Å². The molecule has 15 heavy (non-hydrogen) atoms. The predicted octanol–water partition coefficient (Wildman–Crippen LogP) is -2.36. The number of hydrogen-bond acceptors (Lipinski definition) is 5. The van der Waals surface area contributed by atoms with Gasteiger partial charge in [-0.1, -0.05) is 18.2 Å². The van der Waals surface area contributed by atoms with Crippen molar-refractivity contribution in [2.75, 3.05) is 0 Å². The molecular weight excluding hydrogens is 233 g/mol. The normalized spacial score (nSPS) is 10.5. The quantitative estimate of drug-likeness (QED) is 0.254. The number of benzene rings is 1. The summed E-state index contributed by atoms with van der Waals surface area (Å²) < 4.78 is 31.2. The summed E-state index contributed by atoms with van der Waals surface area (Å²) >= 11 is 0. The Morgan fingerprint density at radius 3 is 2.27 bits per heavy atom. The molecule has 0 aliphatic carbocycles. The number of para-hydroxylation sites is 1. The molecule has 0 spiro atoms. The van der Waals surface area contributed by atoms with Crippen LogP contribution in [0.4, 0.5) is 5.69 Å². The fourth-order valence-electron chi connectivity index (χ4n) is 1.00. The molecule has 0 fully saturated rings. The van der Waals surface area contributed by atoms with Crippen LogP contribution < -0.4 is 29.6 Å². The third-order valence-corrected chi connectivity index (χ3v) is 2.19. The molecule has 0 aromatic heterocycles. The number of hydrogen-bond donors (Lipinski definition) is 0. The summed E-state index contributed by atoms with van der Waals surface area (Å²) in [4.78, 5) is 9.69. The van der Waals surface area contributed by atoms with Crippen LogP contribution in [0.2, 0.25) is 0 Å². The molecule has 0 amide bonds. The van der Waals surface area contributed by atoms with Gasteiger partial charge >= 0.3 is 29.6 Å². The first-order valence-electron chi connectivity index (χ1n) is 3.56. The van der Waals surface area contributed by atoms with E-state index in [0.717, 1.165) is 6.07 Å². The largest absolute Gasteiger partial charge is 1.00 e. The van der Waals surface area contributed by atoms with Crippen LogP contribution in [0.15, 0.2) is 24.3 Å². The van der Waals surface area contributed by atoms with E-state index in [1.54, 1.807) is 0 Å². The Hall–Kier alpha value is -0.470. The van der Waals surface area contributed by atoms with E-state index in [2.05, 4.69) is 0 Å². The Labute approximate surface area is 108 Å². The molecule has 0 N–H and O–H groups in total. The molecule has 0 aliphatic rings. The van der Waals surface area contributed by atoms with Crippen molar-refractivity contribution in [2.24, 2.45) is 0 Å². The second-order valence-electron chi connectivity index (χ2n) is 2.59. The molecule has 0 unspecified atom stereocenters. The van der Waals surface area contributed by atoms with Crippen molar-refractivity contribution >= 4 is 15.8 Å². The Morgan fingerprint density at radius 2 is 1.80 bits per heavy atom. The molecule has 8 heteroatoms. The van der Waals surface area contributed by atoms with Crippen molar-refractivity contribution in [1.29, 1.82) is 0 Å². The number of nitro benzene ring substituents is 1. The van der Waals surface area contributed by atoms with Crippen molar-refractivity contribution in [3.63, 3.8) is 0 Å². The fraction of sp³-hybridized carbons (Fsp3) is 0.143. The van der Waals surface area contributed by atoms with Crippen molar-refractivity contribution in [2.45, 2.75) is 5.75 Å². The molecule has 1 rings (SSSR count). The number of nitrogens with zero attached hydrogens (tertiary/aromatic N) is 1. The Bertz CT molecular complexity index is 458. The molecule has 0 heterocycles. The Kier molecular flexibility index (Phi) is 5.39. The molecule has 0 saturated heterocycles. The topological polar surface area (TPSA) is 100 Å². The fourth-order valence-corrected chi connectivity index (χ4v) is 1.63. The zero-order valence-corrected chi connectivity index (χ0v) is 10.7. The van der Waals surface area contributed by atoms with E-state index in [-0.39, 0.29) is 40.8 Å². The maximum Gasteiger partial charge on any atom is 1.00 e. The molecule has 6 nitrogen and oxygen atoms in total. The van der Waals surface area contributed by atoms with Crippen LogP contribution in [0.25, 0.3) is 0 Å². The zero-order chi connectivity index (χ0) is 10.8. The summed E-state index contributed by atoms with van der Waals surface area (Å²) in [7, 11) is -4.49. The second-order valence-corrected chi connectivity index (χ2v) is 3.99. The molecule has 76 valence electrons. The molecule has 0 saturated carbocycles. The minimum absolute atomic E-state index is 0. The number of nitro groups is 1. The van der Waals surface area contributed by atoms with E-state index < -0.39 is 20.8 Å². The minimum Gasteiger partial charge on any atom is -0.748 e. The molecule has 0 radical (unpaired) electrons. The Morgan fingerprint density at radius 1 is 1.27 bits per heavy atom. The van der Waals surface area contributed by atoms with Crippen LogP contribution in [-0.2, 0) is 15.9 Å². The maximum absolute atomic E-state index is 10.4. The molecule has 0 aliphatic heterocycles. The third-order valence-electron chi connectivity index (χ3n) is 1.52. The van der Waals surface area contributed by atoms with Gasteiger partial charge in [0, 0.05) is 11.6 Å². The molecular formula is C7H6NNaO5S. The van der Waals surface area contributed by atoms with Gasteiger partial charge in [0.2, 0.25) is 0 Å². The summed E-state index contributed by atoms with van der Waals surface area (Å²) in [5.41, 5.74) is -0.445. The van der Waals surface area contributed by atoms with Crippen molar-refractivity contribution in [3.05, 3.63) is 39.9 Å². The molecule has 0 atom stereocenters. The SMILES string of the molecule is O=[N+]([O-])c1ccccc1CS(=O)(=O)[O-].[Na+]. The molecule has 1 aromatic carbocycles. The van der Waals surface area contributed by atoms with E-state index in [1.807, 2.05) is 0 Å². The van der Waals surface area contributed by atoms with Gasteiger partial charge in [-0.3, -0.25) is 10.1 Å². The van der Waals surface area contributed by atoms with Crippen molar-refractivity contribution < 1.29 is 47.5 Å². The van der Waals surface area contributed by atoms with E-state index in [9.17, 15) is 23.1 Å². The second kappa shape index (κ2) is 5.57. The van der Waals surface area contributed by atoms with E-state index >= 15 is 0 Å². The van der Waals surface area contributed by atoms with Crippen molar-refractivity contribution in [3.8, 4) is 0 Å². The summed E-state index contributed by atoms with van der Waals surface area (Å²) in [6.07, 6.45) is 0. The molecule has 1 aromatic rings. The van der Waals surface area contributed by atoms with E-state index in [1.165, 1.54) is 18.2 Å². The van der Waals surface area contributed by atoms with Gasteiger partial charge in [0.05, 0.1) is 20.8 Å². The average Bonchev–Trinajstić information content (AvgIpc) is 2.01. The molecule has 0 bridgehead atoms. The van der Waals surface area contributed by atoms with Gasteiger partial charge in [-0.05, 0) is 0 Å². The maximum atomic E-state index is 10.4. The monoisotopic (exact) mass is 239 g/mol.